The number of aromatic nitrogens is 3. The van der Waals surface area contributed by atoms with Gasteiger partial charge in [-0.2, -0.15) is 0 Å². The lowest BCUT2D eigenvalue weighted by atomic mass is 9.88. The van der Waals surface area contributed by atoms with Gasteiger partial charge in [0.2, 0.25) is 0 Å². The van der Waals surface area contributed by atoms with Gasteiger partial charge in [0.05, 0.1) is 11.4 Å². The van der Waals surface area contributed by atoms with Gasteiger partial charge in [-0.15, -0.1) is 0 Å². The number of aromatic hydroxyl groups is 1. The summed E-state index contributed by atoms with van der Waals surface area (Å²) >= 11 is 0. The first-order chi connectivity index (χ1) is 23.2. The average Bonchev–Trinajstić information content (AvgIpc) is 3.14. The lowest BCUT2D eigenvalue weighted by Gasteiger charge is -2.17. The quantitative estimate of drug-likeness (QED) is 0.161. The highest BCUT2D eigenvalue weighted by molar-refractivity contribution is 6.22. The minimum absolute atomic E-state index is 0.189. The smallest absolute Gasteiger partial charge is 0.161 e. The zero-order chi connectivity index (χ0) is 31.3. The van der Waals surface area contributed by atoms with Crippen LogP contribution in [0.5, 0.6) is 5.75 Å². The van der Waals surface area contributed by atoms with E-state index in [1.807, 2.05) is 60.7 Å². The highest BCUT2D eigenvalue weighted by atomic mass is 16.3. The van der Waals surface area contributed by atoms with Crippen molar-refractivity contribution < 1.29 is 5.11 Å². The number of nitrogens with zero attached hydrogens (tertiary/aromatic N) is 3. The Morgan fingerprint density at radius 1 is 0.426 bits per heavy atom. The Morgan fingerprint density at radius 3 is 1.85 bits per heavy atom. The number of fused-ring (bicyclic) bond motifs is 5. The molecule has 0 saturated heterocycles. The Hall–Kier alpha value is -6.39. The maximum atomic E-state index is 11.6. The van der Waals surface area contributed by atoms with Crippen molar-refractivity contribution in [2.45, 2.75) is 0 Å². The lowest BCUT2D eigenvalue weighted by Crippen LogP contribution is -1.97. The van der Waals surface area contributed by atoms with Crippen LogP contribution in [0.3, 0.4) is 0 Å². The summed E-state index contributed by atoms with van der Waals surface area (Å²) in [4.78, 5) is 14.8. The zero-order valence-corrected chi connectivity index (χ0v) is 25.3. The monoisotopic (exact) mass is 601 g/mol. The molecular formula is C43H27N3O. The Balaban J connectivity index is 1.32. The summed E-state index contributed by atoms with van der Waals surface area (Å²) in [6.45, 7) is 0. The van der Waals surface area contributed by atoms with Crippen LogP contribution < -0.4 is 0 Å². The number of benzene rings is 7. The van der Waals surface area contributed by atoms with Crippen LogP contribution in [0.25, 0.3) is 88.2 Å². The van der Waals surface area contributed by atoms with Crippen LogP contribution in [0, 0.1) is 0 Å². The number of hydrogen-bond donors (Lipinski definition) is 1. The van der Waals surface area contributed by atoms with Gasteiger partial charge in [0, 0.05) is 39.4 Å². The molecule has 0 fully saturated rings. The molecule has 4 heteroatoms. The molecule has 2 aromatic heterocycles. The van der Waals surface area contributed by atoms with E-state index in [1.165, 1.54) is 0 Å². The SMILES string of the molecule is Oc1c(-c2c3ccccc3cc3c2ccc2c(-c4nc(-c5ccccc5)cc(-c5ccccc5)n4)cccc23)ccc2cccnc12. The molecule has 0 aliphatic carbocycles. The minimum atomic E-state index is 0.189. The molecule has 0 bridgehead atoms. The standard InChI is InChI=1S/C43H27N3O/c47-42-36(21-20-29-16-10-24-44-41(29)42)40-31-17-8-7-15-30(31)25-37-32-18-9-19-35(33(32)22-23-34(37)40)43-45-38(27-11-3-1-4-12-27)26-39(46-43)28-13-5-2-6-14-28/h1-26,47H. The van der Waals surface area contributed by atoms with Gasteiger partial charge < -0.3 is 5.11 Å². The molecule has 47 heavy (non-hydrogen) atoms. The summed E-state index contributed by atoms with van der Waals surface area (Å²) in [5.74, 6) is 0.864. The summed E-state index contributed by atoms with van der Waals surface area (Å²) in [6.07, 6.45) is 1.72. The summed E-state index contributed by atoms with van der Waals surface area (Å²) in [6, 6.07) is 51.8. The highest BCUT2D eigenvalue weighted by Crippen LogP contribution is 2.45. The van der Waals surface area contributed by atoms with Crippen LogP contribution in [0.2, 0.25) is 0 Å². The molecule has 0 atom stereocenters. The Labute approximate surface area is 271 Å². The van der Waals surface area contributed by atoms with Crippen molar-refractivity contribution in [2.24, 2.45) is 0 Å². The predicted molar refractivity (Wildman–Crippen MR) is 193 cm³/mol. The van der Waals surface area contributed by atoms with E-state index in [2.05, 4.69) is 96.0 Å². The van der Waals surface area contributed by atoms with Gasteiger partial charge in [-0.1, -0.05) is 127 Å². The van der Waals surface area contributed by atoms with Gasteiger partial charge in [-0.25, -0.2) is 9.97 Å². The second kappa shape index (κ2) is 10.9. The first kappa shape index (κ1) is 27.0. The fourth-order valence-electron chi connectivity index (χ4n) is 6.80. The molecule has 0 radical (unpaired) electrons. The molecule has 9 rings (SSSR count). The number of phenolic OH excluding ortho intramolecular Hbond substituents is 1. The van der Waals surface area contributed by atoms with Crippen LogP contribution >= 0.6 is 0 Å². The molecule has 220 valence electrons. The van der Waals surface area contributed by atoms with Crippen molar-refractivity contribution in [1.82, 2.24) is 15.0 Å². The topological polar surface area (TPSA) is 58.9 Å². The van der Waals surface area contributed by atoms with E-state index in [4.69, 9.17) is 9.97 Å². The summed E-state index contributed by atoms with van der Waals surface area (Å²) in [7, 11) is 0. The van der Waals surface area contributed by atoms with Crippen LogP contribution in [0.4, 0.5) is 0 Å². The van der Waals surface area contributed by atoms with Crippen LogP contribution in [0.1, 0.15) is 0 Å². The Morgan fingerprint density at radius 2 is 1.09 bits per heavy atom. The van der Waals surface area contributed by atoms with Crippen molar-refractivity contribution in [3.63, 3.8) is 0 Å². The van der Waals surface area contributed by atoms with Gasteiger partial charge in [-0.3, -0.25) is 4.98 Å². The second-order valence-electron chi connectivity index (χ2n) is 11.8. The lowest BCUT2D eigenvalue weighted by molar-refractivity contribution is 0.482. The van der Waals surface area contributed by atoms with Crippen molar-refractivity contribution in [3.05, 3.63) is 158 Å². The van der Waals surface area contributed by atoms with E-state index in [9.17, 15) is 5.11 Å². The number of rotatable bonds is 4. The van der Waals surface area contributed by atoms with Gasteiger partial charge in [0.25, 0.3) is 0 Å². The maximum absolute atomic E-state index is 11.6. The zero-order valence-electron chi connectivity index (χ0n) is 25.3. The molecule has 9 aromatic rings. The third-order valence-corrected chi connectivity index (χ3v) is 9.03. The Kier molecular flexibility index (Phi) is 6.25. The number of phenols is 1. The van der Waals surface area contributed by atoms with Crippen LogP contribution in [0.15, 0.2) is 158 Å². The average molecular weight is 602 g/mol. The first-order valence-corrected chi connectivity index (χ1v) is 15.7. The molecule has 0 amide bonds. The second-order valence-corrected chi connectivity index (χ2v) is 11.8. The summed E-state index contributed by atoms with van der Waals surface area (Å²) < 4.78 is 0. The summed E-state index contributed by atoms with van der Waals surface area (Å²) in [5, 5.41) is 19.0. The maximum Gasteiger partial charge on any atom is 0.161 e. The van der Waals surface area contributed by atoms with E-state index < -0.39 is 0 Å². The summed E-state index contributed by atoms with van der Waals surface area (Å²) in [5.41, 5.74) is 7.15. The van der Waals surface area contributed by atoms with Gasteiger partial charge in [0.1, 0.15) is 11.3 Å². The molecule has 7 aromatic carbocycles. The minimum Gasteiger partial charge on any atom is -0.505 e. The highest BCUT2D eigenvalue weighted by Gasteiger charge is 2.19. The molecule has 1 N–H and O–H groups in total. The third kappa shape index (κ3) is 4.50. The van der Waals surface area contributed by atoms with Gasteiger partial charge in [-0.05, 0) is 56.6 Å². The van der Waals surface area contributed by atoms with Crippen molar-refractivity contribution >= 4 is 43.2 Å². The number of hydrogen-bond acceptors (Lipinski definition) is 4. The molecule has 2 heterocycles. The number of pyridine rings is 1. The van der Waals surface area contributed by atoms with Crippen LogP contribution in [-0.4, -0.2) is 20.1 Å². The molecule has 0 aliphatic heterocycles. The molecular weight excluding hydrogens is 574 g/mol. The van der Waals surface area contributed by atoms with Crippen LogP contribution in [-0.2, 0) is 0 Å². The fourth-order valence-corrected chi connectivity index (χ4v) is 6.80. The third-order valence-electron chi connectivity index (χ3n) is 9.03. The van der Waals surface area contributed by atoms with Gasteiger partial charge in [0.15, 0.2) is 5.82 Å². The Bertz CT molecular complexity index is 2580. The molecule has 0 unspecified atom stereocenters. The van der Waals surface area contributed by atoms with E-state index in [1.54, 1.807) is 6.20 Å². The van der Waals surface area contributed by atoms with E-state index in [0.29, 0.717) is 11.3 Å². The molecule has 0 spiro atoms. The predicted octanol–water partition coefficient (Wildman–Crippen LogP) is 10.9. The largest absolute Gasteiger partial charge is 0.505 e. The molecule has 0 aliphatic rings. The fraction of sp³-hybridized carbons (Fsp3) is 0. The molecule has 4 nitrogen and oxygen atoms in total. The molecule has 0 saturated carbocycles. The van der Waals surface area contributed by atoms with Crippen molar-refractivity contribution in [2.75, 3.05) is 0 Å². The normalized spacial score (nSPS) is 11.5. The van der Waals surface area contributed by atoms with Crippen molar-refractivity contribution in [3.8, 4) is 50.8 Å². The van der Waals surface area contributed by atoms with E-state index >= 15 is 0 Å². The van der Waals surface area contributed by atoms with Crippen molar-refractivity contribution in [1.29, 1.82) is 0 Å². The van der Waals surface area contributed by atoms with E-state index in [0.717, 1.165) is 76.9 Å². The van der Waals surface area contributed by atoms with Gasteiger partial charge >= 0.3 is 0 Å². The van der Waals surface area contributed by atoms with E-state index in [-0.39, 0.29) is 5.75 Å². The first-order valence-electron chi connectivity index (χ1n) is 15.7.